The summed E-state index contributed by atoms with van der Waals surface area (Å²) in [5.41, 5.74) is 1.61. The van der Waals surface area contributed by atoms with Crippen molar-refractivity contribution < 1.29 is 5.11 Å². The summed E-state index contributed by atoms with van der Waals surface area (Å²) in [6, 6.07) is 0. The van der Waals surface area contributed by atoms with Gasteiger partial charge < -0.3 is 5.11 Å². The third-order valence-electron chi connectivity index (χ3n) is 2.19. The normalized spacial score (nSPS) is 10.1. The van der Waals surface area contributed by atoms with Gasteiger partial charge in [0.15, 0.2) is 0 Å². The van der Waals surface area contributed by atoms with Crippen LogP contribution < -0.4 is 0 Å². The predicted molar refractivity (Wildman–Crippen MR) is 58.8 cm³/mol. The molecule has 0 fully saturated rings. The highest BCUT2D eigenvalue weighted by Gasteiger charge is 1.94. The Hall–Kier alpha value is -0.300. The Morgan fingerprint density at radius 2 is 1.69 bits per heavy atom. The summed E-state index contributed by atoms with van der Waals surface area (Å²) < 4.78 is 0. The quantitative estimate of drug-likeness (QED) is 0.451. The first-order chi connectivity index (χ1) is 6.35. The van der Waals surface area contributed by atoms with Gasteiger partial charge >= 0.3 is 0 Å². The highest BCUT2D eigenvalue weighted by atomic mass is 16.2. The third-order valence-corrected chi connectivity index (χ3v) is 2.19. The van der Waals surface area contributed by atoms with Crippen molar-refractivity contribution in [3.05, 3.63) is 11.6 Å². The molecule has 1 nitrogen and oxygen atoms in total. The maximum atomic E-state index is 8.62. The topological polar surface area (TPSA) is 20.2 Å². The van der Waals surface area contributed by atoms with Gasteiger partial charge in [0.05, 0.1) is 0 Å². The zero-order valence-corrected chi connectivity index (χ0v) is 9.18. The van der Waals surface area contributed by atoms with Crippen LogP contribution in [0.5, 0.6) is 0 Å². The number of aliphatic hydroxyl groups is 1. The van der Waals surface area contributed by atoms with Crippen LogP contribution in [-0.4, -0.2) is 11.7 Å². The molecule has 0 unspecified atom stereocenters. The van der Waals surface area contributed by atoms with Crippen LogP contribution in [-0.2, 0) is 0 Å². The van der Waals surface area contributed by atoms with Crippen LogP contribution in [0.25, 0.3) is 0 Å². The van der Waals surface area contributed by atoms with Crippen molar-refractivity contribution in [1.29, 1.82) is 0 Å². The van der Waals surface area contributed by atoms with Gasteiger partial charge in [0, 0.05) is 6.61 Å². The van der Waals surface area contributed by atoms with Crippen LogP contribution in [0.3, 0.4) is 0 Å². The molecule has 0 bridgehead atoms. The van der Waals surface area contributed by atoms with E-state index in [1.165, 1.54) is 25.7 Å². The van der Waals surface area contributed by atoms with E-state index in [0.717, 1.165) is 19.3 Å². The highest BCUT2D eigenvalue weighted by Crippen LogP contribution is 2.13. The lowest BCUT2D eigenvalue weighted by Gasteiger charge is -2.03. The molecular formula is C12H24O. The van der Waals surface area contributed by atoms with E-state index in [2.05, 4.69) is 19.9 Å². The van der Waals surface area contributed by atoms with Gasteiger partial charge in [-0.2, -0.15) is 0 Å². The van der Waals surface area contributed by atoms with Gasteiger partial charge in [-0.05, 0) is 32.1 Å². The Balaban J connectivity index is 3.61. The smallest absolute Gasteiger partial charge is 0.0431 e. The molecule has 0 saturated carbocycles. The van der Waals surface area contributed by atoms with E-state index in [1.807, 2.05) is 0 Å². The number of aliphatic hydroxyl groups excluding tert-OH is 1. The fourth-order valence-corrected chi connectivity index (χ4v) is 1.53. The molecule has 0 aromatic heterocycles. The molecule has 0 heterocycles. The molecule has 1 N–H and O–H groups in total. The van der Waals surface area contributed by atoms with E-state index in [1.54, 1.807) is 5.57 Å². The first-order valence-electron chi connectivity index (χ1n) is 5.63. The van der Waals surface area contributed by atoms with Crippen LogP contribution >= 0.6 is 0 Å². The molecule has 0 amide bonds. The second-order valence-electron chi connectivity index (χ2n) is 3.58. The molecule has 0 saturated heterocycles. The minimum Gasteiger partial charge on any atom is -0.396 e. The predicted octanol–water partition coefficient (Wildman–Crippen LogP) is 3.68. The maximum absolute atomic E-state index is 8.62. The van der Waals surface area contributed by atoms with Crippen molar-refractivity contribution in [1.82, 2.24) is 0 Å². The van der Waals surface area contributed by atoms with E-state index < -0.39 is 0 Å². The number of hydrogen-bond acceptors (Lipinski definition) is 1. The Morgan fingerprint density at radius 1 is 1.08 bits per heavy atom. The van der Waals surface area contributed by atoms with Gasteiger partial charge in [-0.25, -0.2) is 0 Å². The van der Waals surface area contributed by atoms with Gasteiger partial charge in [-0.1, -0.05) is 38.3 Å². The highest BCUT2D eigenvalue weighted by molar-refractivity contribution is 5.01. The molecule has 78 valence electrons. The van der Waals surface area contributed by atoms with Gasteiger partial charge in [-0.3, -0.25) is 0 Å². The summed E-state index contributed by atoms with van der Waals surface area (Å²) in [6.45, 7) is 4.80. The standard InChI is InChI=1S/C12H24O/c1-3-8-12(9-4-2)10-6-5-7-11-13/h10,13H,3-9,11H2,1-2H3. The Bertz CT molecular complexity index is 119. The van der Waals surface area contributed by atoms with Crippen LogP contribution in [0, 0.1) is 0 Å². The number of rotatable bonds is 8. The molecule has 0 aliphatic rings. The van der Waals surface area contributed by atoms with Crippen LogP contribution in [0.4, 0.5) is 0 Å². The van der Waals surface area contributed by atoms with Crippen molar-refractivity contribution in [3.63, 3.8) is 0 Å². The third kappa shape index (κ3) is 8.04. The monoisotopic (exact) mass is 184 g/mol. The lowest BCUT2D eigenvalue weighted by atomic mass is 10.0. The second-order valence-corrected chi connectivity index (χ2v) is 3.58. The van der Waals surface area contributed by atoms with E-state index in [0.29, 0.717) is 6.61 Å². The second kappa shape index (κ2) is 9.79. The van der Waals surface area contributed by atoms with Crippen LogP contribution in [0.15, 0.2) is 11.6 Å². The van der Waals surface area contributed by atoms with E-state index in [-0.39, 0.29) is 0 Å². The Morgan fingerprint density at radius 3 is 2.15 bits per heavy atom. The molecule has 0 rings (SSSR count). The SMILES string of the molecule is CCCC(=CCCCCO)CCC. The minimum atomic E-state index is 0.338. The van der Waals surface area contributed by atoms with Crippen LogP contribution in [0.2, 0.25) is 0 Å². The molecule has 0 spiro atoms. The number of allylic oxidation sites excluding steroid dienone is 2. The van der Waals surface area contributed by atoms with E-state index in [4.69, 9.17) is 5.11 Å². The average molecular weight is 184 g/mol. The molecule has 0 atom stereocenters. The molecule has 0 radical (unpaired) electrons. The number of unbranched alkanes of at least 4 members (excludes halogenated alkanes) is 2. The summed E-state index contributed by atoms with van der Waals surface area (Å²) >= 11 is 0. The molecule has 1 heteroatoms. The van der Waals surface area contributed by atoms with Gasteiger partial charge in [0.1, 0.15) is 0 Å². The molecule has 0 aromatic rings. The van der Waals surface area contributed by atoms with Crippen molar-refractivity contribution in [2.75, 3.05) is 6.61 Å². The fraction of sp³-hybridized carbons (Fsp3) is 0.833. The lowest BCUT2D eigenvalue weighted by Crippen LogP contribution is -1.85. The van der Waals surface area contributed by atoms with Crippen molar-refractivity contribution in [2.45, 2.75) is 58.8 Å². The first kappa shape index (κ1) is 12.7. The molecule has 0 aliphatic carbocycles. The number of hydrogen-bond donors (Lipinski definition) is 1. The van der Waals surface area contributed by atoms with E-state index in [9.17, 15) is 0 Å². The van der Waals surface area contributed by atoms with Crippen LogP contribution in [0.1, 0.15) is 58.8 Å². The summed E-state index contributed by atoms with van der Waals surface area (Å²) in [5.74, 6) is 0. The largest absolute Gasteiger partial charge is 0.396 e. The first-order valence-corrected chi connectivity index (χ1v) is 5.63. The maximum Gasteiger partial charge on any atom is 0.0431 e. The zero-order chi connectivity index (χ0) is 9.94. The van der Waals surface area contributed by atoms with Gasteiger partial charge in [-0.15, -0.1) is 0 Å². The molecule has 0 aliphatic heterocycles. The van der Waals surface area contributed by atoms with E-state index >= 15 is 0 Å². The summed E-state index contributed by atoms with van der Waals surface area (Å²) in [4.78, 5) is 0. The van der Waals surface area contributed by atoms with Crippen molar-refractivity contribution in [2.24, 2.45) is 0 Å². The molecule has 0 aromatic carbocycles. The molecular weight excluding hydrogens is 160 g/mol. The summed E-state index contributed by atoms with van der Waals surface area (Å²) in [6.07, 6.45) is 10.6. The zero-order valence-electron chi connectivity index (χ0n) is 9.18. The van der Waals surface area contributed by atoms with Crippen molar-refractivity contribution >= 4 is 0 Å². The van der Waals surface area contributed by atoms with Gasteiger partial charge in [0.25, 0.3) is 0 Å². The summed E-state index contributed by atoms with van der Waals surface area (Å²) in [5, 5.41) is 8.62. The van der Waals surface area contributed by atoms with Gasteiger partial charge in [0.2, 0.25) is 0 Å². The minimum absolute atomic E-state index is 0.338. The van der Waals surface area contributed by atoms with Crippen molar-refractivity contribution in [3.8, 4) is 0 Å². The molecule has 13 heavy (non-hydrogen) atoms. The Labute approximate surface area is 82.9 Å². The lowest BCUT2D eigenvalue weighted by molar-refractivity contribution is 0.285. The Kier molecular flexibility index (Phi) is 9.56. The summed E-state index contributed by atoms with van der Waals surface area (Å²) in [7, 11) is 0. The average Bonchev–Trinajstić information content (AvgIpc) is 2.13. The fourth-order valence-electron chi connectivity index (χ4n) is 1.53.